The molecule has 2 fully saturated rings. The third-order valence-corrected chi connectivity index (χ3v) is 5.67. The van der Waals surface area contributed by atoms with Crippen LogP contribution in [0, 0.1) is 0 Å². The standard InChI is InChI=1S/C20H30BN3O8/c1-20(22,19(28)24-6-8-31-9-7-24)12-23-10-14(11-23)32-15-3-2-13(4-5-21(29)30)17(25)16(15)18(26)27/h2-3,14,25,29-30H,4-12,22H2,1H3,(H,26,27)/t20-/m1/s1. The number of morpholine rings is 1. The number of aryl methyl sites for hydroxylation is 1. The third kappa shape index (κ3) is 5.70. The number of amides is 1. The summed E-state index contributed by atoms with van der Waals surface area (Å²) in [6.07, 6.45) is -0.245. The Bertz CT molecular complexity index is 838. The van der Waals surface area contributed by atoms with Crippen LogP contribution in [0.1, 0.15) is 22.8 Å². The number of carboxylic acid groups (broad SMARTS) is 1. The van der Waals surface area contributed by atoms with Crippen LogP contribution >= 0.6 is 0 Å². The van der Waals surface area contributed by atoms with Crippen molar-refractivity contribution in [3.63, 3.8) is 0 Å². The van der Waals surface area contributed by atoms with Gasteiger partial charge in [-0.1, -0.05) is 6.07 Å². The zero-order chi connectivity index (χ0) is 23.5. The lowest BCUT2D eigenvalue weighted by atomic mass is 9.82. The summed E-state index contributed by atoms with van der Waals surface area (Å²) >= 11 is 0. The quantitative estimate of drug-likeness (QED) is 0.286. The van der Waals surface area contributed by atoms with Gasteiger partial charge in [0.15, 0.2) is 0 Å². The molecule has 176 valence electrons. The lowest BCUT2D eigenvalue weighted by Gasteiger charge is -2.43. The fraction of sp³-hybridized carbons (Fsp3) is 0.600. The number of nitrogens with two attached hydrogens (primary N) is 1. The first-order chi connectivity index (χ1) is 15.1. The molecule has 0 radical (unpaired) electrons. The van der Waals surface area contributed by atoms with Crippen molar-refractivity contribution < 1.29 is 39.3 Å². The van der Waals surface area contributed by atoms with Crippen molar-refractivity contribution in [3.05, 3.63) is 23.3 Å². The van der Waals surface area contributed by atoms with Crippen LogP contribution in [0.15, 0.2) is 12.1 Å². The Morgan fingerprint density at radius 1 is 1.28 bits per heavy atom. The highest BCUT2D eigenvalue weighted by atomic mass is 16.5. The topological polar surface area (TPSA) is 166 Å². The second-order valence-corrected chi connectivity index (χ2v) is 8.53. The van der Waals surface area contributed by atoms with Gasteiger partial charge in [0.05, 0.1) is 13.2 Å². The summed E-state index contributed by atoms with van der Waals surface area (Å²) in [5, 5.41) is 37.9. The number of carboxylic acids is 1. The predicted molar refractivity (Wildman–Crippen MR) is 115 cm³/mol. The van der Waals surface area contributed by atoms with Crippen molar-refractivity contribution in [1.29, 1.82) is 0 Å². The molecule has 12 heteroatoms. The maximum absolute atomic E-state index is 12.7. The van der Waals surface area contributed by atoms with E-state index in [4.69, 9.17) is 25.3 Å². The number of aromatic carboxylic acids is 1. The van der Waals surface area contributed by atoms with Crippen LogP contribution < -0.4 is 10.5 Å². The minimum atomic E-state index is -1.55. The van der Waals surface area contributed by atoms with Crippen LogP contribution in [0.3, 0.4) is 0 Å². The molecule has 0 unspecified atom stereocenters. The molecule has 0 bridgehead atoms. The zero-order valence-corrected chi connectivity index (χ0v) is 18.1. The number of likely N-dealkylation sites (tertiary alicyclic amines) is 1. The molecule has 2 heterocycles. The number of hydrogen-bond donors (Lipinski definition) is 5. The molecule has 2 saturated heterocycles. The summed E-state index contributed by atoms with van der Waals surface area (Å²) in [5.41, 5.74) is 5.15. The van der Waals surface area contributed by atoms with Crippen LogP contribution in [0.5, 0.6) is 11.5 Å². The first-order valence-electron chi connectivity index (χ1n) is 10.6. The Morgan fingerprint density at radius 3 is 2.53 bits per heavy atom. The van der Waals surface area contributed by atoms with Crippen LogP contribution in [-0.2, 0) is 16.0 Å². The highest BCUT2D eigenvalue weighted by Gasteiger charge is 2.39. The van der Waals surface area contributed by atoms with E-state index in [1.165, 1.54) is 12.1 Å². The Labute approximate surface area is 186 Å². The van der Waals surface area contributed by atoms with Crippen molar-refractivity contribution in [3.8, 4) is 11.5 Å². The molecule has 1 amide bonds. The zero-order valence-electron chi connectivity index (χ0n) is 18.1. The second-order valence-electron chi connectivity index (χ2n) is 8.53. The maximum Gasteiger partial charge on any atom is 0.451 e. The average Bonchev–Trinajstić information content (AvgIpc) is 2.71. The van der Waals surface area contributed by atoms with Gasteiger partial charge in [-0.25, -0.2) is 4.79 Å². The van der Waals surface area contributed by atoms with Crippen molar-refractivity contribution in [2.24, 2.45) is 5.73 Å². The van der Waals surface area contributed by atoms with E-state index in [0.717, 1.165) is 0 Å². The largest absolute Gasteiger partial charge is 0.507 e. The molecular weight excluding hydrogens is 421 g/mol. The summed E-state index contributed by atoms with van der Waals surface area (Å²) in [6.45, 7) is 4.99. The molecule has 0 aromatic heterocycles. The van der Waals surface area contributed by atoms with Crippen LogP contribution in [0.2, 0.25) is 6.32 Å². The summed E-state index contributed by atoms with van der Waals surface area (Å²) in [6, 6.07) is 2.97. The molecule has 2 aliphatic heterocycles. The number of carbonyl (C=O) groups is 2. The van der Waals surface area contributed by atoms with Gasteiger partial charge in [0, 0.05) is 32.7 Å². The van der Waals surface area contributed by atoms with Gasteiger partial charge < -0.3 is 40.4 Å². The van der Waals surface area contributed by atoms with E-state index >= 15 is 0 Å². The Kier molecular flexibility index (Phi) is 7.62. The number of phenols is 1. The van der Waals surface area contributed by atoms with Gasteiger partial charge >= 0.3 is 13.1 Å². The van der Waals surface area contributed by atoms with Crippen molar-refractivity contribution >= 4 is 19.0 Å². The smallest absolute Gasteiger partial charge is 0.451 e. The lowest BCUT2D eigenvalue weighted by Crippen LogP contribution is -2.65. The van der Waals surface area contributed by atoms with Crippen molar-refractivity contribution in [2.75, 3.05) is 45.9 Å². The van der Waals surface area contributed by atoms with Crippen LogP contribution in [0.4, 0.5) is 0 Å². The molecule has 0 aliphatic carbocycles. The SMILES string of the molecule is C[C@@](N)(CN1CC(Oc2ccc(CCB(O)O)c(O)c2C(=O)O)C1)C(=O)N1CCOCC1. The van der Waals surface area contributed by atoms with E-state index in [1.54, 1.807) is 11.8 Å². The Morgan fingerprint density at radius 2 is 1.94 bits per heavy atom. The van der Waals surface area contributed by atoms with Crippen LogP contribution in [0.25, 0.3) is 0 Å². The second kappa shape index (κ2) is 10.0. The number of aromatic hydroxyl groups is 1. The molecule has 1 aromatic carbocycles. The molecule has 1 aromatic rings. The summed E-state index contributed by atoms with van der Waals surface area (Å²) in [5.74, 6) is -1.89. The van der Waals surface area contributed by atoms with Gasteiger partial charge in [0.25, 0.3) is 0 Å². The van der Waals surface area contributed by atoms with Gasteiger partial charge in [-0.05, 0) is 31.3 Å². The summed E-state index contributed by atoms with van der Waals surface area (Å²) in [7, 11) is -1.55. The van der Waals surface area contributed by atoms with Crippen molar-refractivity contribution in [1.82, 2.24) is 9.80 Å². The summed E-state index contributed by atoms with van der Waals surface area (Å²) in [4.78, 5) is 28.1. The van der Waals surface area contributed by atoms with Crippen LogP contribution in [-0.4, -0.2) is 107 Å². The maximum atomic E-state index is 12.7. The molecule has 6 N–H and O–H groups in total. The lowest BCUT2D eigenvalue weighted by molar-refractivity contribution is -0.142. The predicted octanol–water partition coefficient (Wildman–Crippen LogP) is -1.26. The number of benzene rings is 1. The first-order valence-corrected chi connectivity index (χ1v) is 10.6. The normalized spacial score (nSPS) is 19.2. The molecule has 0 spiro atoms. The highest BCUT2D eigenvalue weighted by Crippen LogP contribution is 2.34. The number of rotatable bonds is 9. The highest BCUT2D eigenvalue weighted by molar-refractivity contribution is 6.41. The van der Waals surface area contributed by atoms with Gasteiger partial charge in [-0.2, -0.15) is 0 Å². The minimum Gasteiger partial charge on any atom is -0.507 e. The molecule has 2 aliphatic rings. The fourth-order valence-electron chi connectivity index (χ4n) is 3.97. The molecule has 1 atom stereocenters. The van der Waals surface area contributed by atoms with E-state index in [1.807, 2.05) is 4.90 Å². The third-order valence-electron chi connectivity index (χ3n) is 5.67. The Hall–Kier alpha value is -2.38. The molecular formula is C20H30BN3O8. The number of ether oxygens (including phenoxy) is 2. The molecule has 3 rings (SSSR count). The van der Waals surface area contributed by atoms with E-state index in [0.29, 0.717) is 51.5 Å². The fourth-order valence-corrected chi connectivity index (χ4v) is 3.97. The summed E-state index contributed by atoms with van der Waals surface area (Å²) < 4.78 is 11.1. The monoisotopic (exact) mass is 451 g/mol. The number of nitrogens with zero attached hydrogens (tertiary/aromatic N) is 2. The minimum absolute atomic E-state index is 0.0350. The number of hydrogen-bond acceptors (Lipinski definition) is 9. The van der Waals surface area contributed by atoms with Gasteiger partial charge in [0.2, 0.25) is 5.91 Å². The average molecular weight is 451 g/mol. The van der Waals surface area contributed by atoms with Gasteiger partial charge in [-0.3, -0.25) is 9.69 Å². The van der Waals surface area contributed by atoms with Crippen molar-refractivity contribution in [2.45, 2.75) is 31.3 Å². The van der Waals surface area contributed by atoms with Gasteiger partial charge in [0.1, 0.15) is 28.7 Å². The Balaban J connectivity index is 1.57. The molecule has 11 nitrogen and oxygen atoms in total. The number of carbonyl (C=O) groups excluding carboxylic acids is 1. The van der Waals surface area contributed by atoms with Gasteiger partial charge in [-0.15, -0.1) is 0 Å². The molecule has 32 heavy (non-hydrogen) atoms. The van der Waals surface area contributed by atoms with E-state index < -0.39 is 24.4 Å². The molecule has 0 saturated carbocycles. The van der Waals surface area contributed by atoms with E-state index in [2.05, 4.69) is 0 Å². The van der Waals surface area contributed by atoms with E-state index in [-0.39, 0.29) is 36.1 Å². The first kappa shape index (κ1) is 24.3. The van der Waals surface area contributed by atoms with E-state index in [9.17, 15) is 19.8 Å².